The van der Waals surface area contributed by atoms with Crippen LogP contribution in [0, 0.1) is 0 Å². The van der Waals surface area contributed by atoms with Crippen molar-refractivity contribution in [2.75, 3.05) is 13.2 Å². The summed E-state index contributed by atoms with van der Waals surface area (Å²) in [6.07, 6.45) is 62.4. The summed E-state index contributed by atoms with van der Waals surface area (Å²) in [5.74, 6) is -0.981. The first-order chi connectivity index (χ1) is 29.5. The molecule has 0 fully saturated rings. The second-order valence-corrected chi connectivity index (χ2v) is 15.8. The highest BCUT2D eigenvalue weighted by Crippen LogP contribution is 2.13. The van der Waals surface area contributed by atoms with E-state index >= 15 is 0 Å². The lowest BCUT2D eigenvalue weighted by Crippen LogP contribution is -2.30. The highest BCUT2D eigenvalue weighted by molar-refractivity contribution is 5.71. The van der Waals surface area contributed by atoms with E-state index in [0.717, 1.165) is 96.3 Å². The van der Waals surface area contributed by atoms with Gasteiger partial charge in [0.05, 0.1) is 0 Å². The Kier molecular flexibility index (Phi) is 45.1. The molecule has 0 aliphatic heterocycles. The van der Waals surface area contributed by atoms with Crippen molar-refractivity contribution in [3.8, 4) is 0 Å². The quantitative estimate of drug-likeness (QED) is 0.0200. The van der Waals surface area contributed by atoms with Crippen molar-refractivity contribution < 1.29 is 28.6 Å². The summed E-state index contributed by atoms with van der Waals surface area (Å²) < 4.78 is 16.7. The minimum atomic E-state index is -0.806. The van der Waals surface area contributed by atoms with Crippen molar-refractivity contribution in [3.05, 3.63) is 97.2 Å². The molecule has 1 atom stereocenters. The highest BCUT2D eigenvalue weighted by atomic mass is 16.6. The molecule has 0 aromatic carbocycles. The number of hydrogen-bond acceptors (Lipinski definition) is 6. The van der Waals surface area contributed by atoms with Crippen LogP contribution in [0.1, 0.15) is 207 Å². The molecular weight excluding hydrogens is 745 g/mol. The third-order valence-electron chi connectivity index (χ3n) is 9.95. The lowest BCUT2D eigenvalue weighted by Gasteiger charge is -2.18. The van der Waals surface area contributed by atoms with Gasteiger partial charge >= 0.3 is 17.9 Å². The zero-order valence-corrected chi connectivity index (χ0v) is 38.7. The molecule has 0 bridgehead atoms. The first-order valence-electron chi connectivity index (χ1n) is 24.3. The van der Waals surface area contributed by atoms with E-state index < -0.39 is 6.10 Å². The molecule has 6 nitrogen and oxygen atoms in total. The first-order valence-corrected chi connectivity index (χ1v) is 24.3. The summed E-state index contributed by atoms with van der Waals surface area (Å²) in [6, 6.07) is 0. The molecule has 0 aromatic rings. The molecule has 0 aliphatic rings. The Hall–Kier alpha value is -3.67. The number of unbranched alkanes of at least 4 members (excludes halogenated alkanes) is 20. The van der Waals surface area contributed by atoms with Gasteiger partial charge in [0.15, 0.2) is 6.10 Å². The Bertz CT molecular complexity index is 1230. The van der Waals surface area contributed by atoms with Crippen molar-refractivity contribution in [3.63, 3.8) is 0 Å². The van der Waals surface area contributed by atoms with E-state index in [1.54, 1.807) is 0 Å². The van der Waals surface area contributed by atoms with Crippen LogP contribution < -0.4 is 0 Å². The fourth-order valence-electron chi connectivity index (χ4n) is 6.27. The van der Waals surface area contributed by atoms with Crippen molar-refractivity contribution in [1.29, 1.82) is 0 Å². The maximum absolute atomic E-state index is 12.8. The second-order valence-electron chi connectivity index (χ2n) is 15.8. The van der Waals surface area contributed by atoms with Crippen LogP contribution in [0.25, 0.3) is 0 Å². The minimum Gasteiger partial charge on any atom is -0.462 e. The molecule has 60 heavy (non-hydrogen) atoms. The monoisotopic (exact) mass is 833 g/mol. The molecule has 0 saturated heterocycles. The van der Waals surface area contributed by atoms with Gasteiger partial charge in [-0.2, -0.15) is 0 Å². The van der Waals surface area contributed by atoms with Gasteiger partial charge in [0, 0.05) is 19.3 Å². The molecular formula is C54H88O6. The Labute approximate surface area is 368 Å². The number of esters is 3. The molecule has 0 aromatic heterocycles. The molecule has 0 spiro atoms. The normalized spacial score (nSPS) is 12.9. The van der Waals surface area contributed by atoms with Crippen LogP contribution in [0.4, 0.5) is 0 Å². The number of carbonyl (C=O) groups excluding carboxylic acids is 3. The Morgan fingerprint density at radius 2 is 0.683 bits per heavy atom. The third-order valence-corrected chi connectivity index (χ3v) is 9.95. The lowest BCUT2D eigenvalue weighted by molar-refractivity contribution is -0.167. The molecule has 0 aliphatic carbocycles. The van der Waals surface area contributed by atoms with Gasteiger partial charge in [0.2, 0.25) is 0 Å². The van der Waals surface area contributed by atoms with Crippen LogP contribution in [0.5, 0.6) is 0 Å². The summed E-state index contributed by atoms with van der Waals surface area (Å²) in [6.45, 7) is 6.37. The molecule has 1 unspecified atom stereocenters. The third kappa shape index (κ3) is 45.4. The molecule has 0 N–H and O–H groups in total. The molecule has 0 radical (unpaired) electrons. The predicted octanol–water partition coefficient (Wildman–Crippen LogP) is 15.8. The van der Waals surface area contributed by atoms with Gasteiger partial charge in [0.1, 0.15) is 13.2 Å². The molecule has 340 valence electrons. The van der Waals surface area contributed by atoms with Crippen LogP contribution in [-0.2, 0) is 28.6 Å². The maximum atomic E-state index is 12.8. The fraction of sp³-hybridized carbons (Fsp3) is 0.648. The van der Waals surface area contributed by atoms with Gasteiger partial charge in [-0.05, 0) is 83.5 Å². The van der Waals surface area contributed by atoms with E-state index in [9.17, 15) is 14.4 Å². The lowest BCUT2D eigenvalue weighted by atomic mass is 10.1. The van der Waals surface area contributed by atoms with Crippen LogP contribution in [0.15, 0.2) is 97.2 Å². The van der Waals surface area contributed by atoms with Gasteiger partial charge in [0.25, 0.3) is 0 Å². The average Bonchev–Trinajstić information content (AvgIpc) is 3.24. The molecule has 0 rings (SSSR count). The first kappa shape index (κ1) is 56.3. The Morgan fingerprint density at radius 1 is 0.350 bits per heavy atom. The highest BCUT2D eigenvalue weighted by Gasteiger charge is 2.19. The van der Waals surface area contributed by atoms with Gasteiger partial charge in [-0.3, -0.25) is 14.4 Å². The smallest absolute Gasteiger partial charge is 0.306 e. The molecule has 0 saturated carbocycles. The van der Waals surface area contributed by atoms with Gasteiger partial charge in [-0.1, -0.05) is 201 Å². The van der Waals surface area contributed by atoms with E-state index in [-0.39, 0.29) is 31.1 Å². The van der Waals surface area contributed by atoms with E-state index in [1.165, 1.54) is 70.6 Å². The number of rotatable bonds is 42. The maximum Gasteiger partial charge on any atom is 0.306 e. The summed E-state index contributed by atoms with van der Waals surface area (Å²) in [5, 5.41) is 0. The number of allylic oxidation sites excluding steroid dienone is 16. The zero-order chi connectivity index (χ0) is 43.7. The zero-order valence-electron chi connectivity index (χ0n) is 38.7. The van der Waals surface area contributed by atoms with Crippen molar-refractivity contribution in [1.82, 2.24) is 0 Å². The predicted molar refractivity (Wildman–Crippen MR) is 256 cm³/mol. The SMILES string of the molecule is CC\C=C/C=C\C=C/C=C\C=C\C=C/CCCCCC(=O)OCC(COC(=O)CCCCCCC/C=C\CCCC)OC(=O)CCCCC/C=C\CCCCCCCCC. The number of carbonyl (C=O) groups is 3. The van der Waals surface area contributed by atoms with Crippen LogP contribution in [-0.4, -0.2) is 37.2 Å². The largest absolute Gasteiger partial charge is 0.462 e. The number of hydrogen-bond donors (Lipinski definition) is 0. The standard InChI is InChI=1S/C54H88O6/c1-4-7-10-13-16-19-22-24-26-27-28-30-32-35-38-41-44-47-53(56)59-50-51(49-58-52(55)46-43-40-37-34-31-21-18-15-12-9-6-3)60-54(57)48-45-42-39-36-33-29-25-23-20-17-14-11-8-5-2/h7,10,13,15-16,18-19,22,24,26-30,32-33,51H,4-6,8-9,11-12,14,17,20-21,23,25,31,34-50H2,1-3H3/b10-7-,16-13-,18-15-,22-19-,26-24-,28-27+,32-30-,33-29-. The van der Waals surface area contributed by atoms with Crippen LogP contribution in [0.3, 0.4) is 0 Å². The summed E-state index contributed by atoms with van der Waals surface area (Å²) >= 11 is 0. The van der Waals surface area contributed by atoms with E-state index in [2.05, 4.69) is 57.2 Å². The number of ether oxygens (including phenoxy) is 3. The van der Waals surface area contributed by atoms with Crippen LogP contribution in [0.2, 0.25) is 0 Å². The van der Waals surface area contributed by atoms with Crippen molar-refractivity contribution >= 4 is 17.9 Å². The van der Waals surface area contributed by atoms with Crippen molar-refractivity contribution in [2.24, 2.45) is 0 Å². The van der Waals surface area contributed by atoms with Gasteiger partial charge in [-0.15, -0.1) is 0 Å². The Morgan fingerprint density at radius 3 is 1.13 bits per heavy atom. The Balaban J connectivity index is 4.52. The molecule has 6 heteroatoms. The van der Waals surface area contributed by atoms with E-state index in [4.69, 9.17) is 14.2 Å². The van der Waals surface area contributed by atoms with E-state index in [0.29, 0.717) is 19.3 Å². The second kappa shape index (κ2) is 48.0. The summed E-state index contributed by atoms with van der Waals surface area (Å²) in [4.78, 5) is 37.8. The molecule has 0 heterocycles. The summed E-state index contributed by atoms with van der Waals surface area (Å²) in [5.41, 5.74) is 0. The fourth-order valence-corrected chi connectivity index (χ4v) is 6.27. The van der Waals surface area contributed by atoms with Gasteiger partial charge < -0.3 is 14.2 Å². The van der Waals surface area contributed by atoms with Crippen molar-refractivity contribution in [2.45, 2.75) is 213 Å². The summed E-state index contributed by atoms with van der Waals surface area (Å²) in [7, 11) is 0. The van der Waals surface area contributed by atoms with Gasteiger partial charge in [-0.25, -0.2) is 0 Å². The topological polar surface area (TPSA) is 78.9 Å². The van der Waals surface area contributed by atoms with Crippen LogP contribution >= 0.6 is 0 Å². The molecule has 0 amide bonds. The van der Waals surface area contributed by atoms with E-state index in [1.807, 2.05) is 60.8 Å². The average molecular weight is 833 g/mol. The minimum absolute atomic E-state index is 0.104.